The first kappa shape index (κ1) is 17.9. The molecule has 1 saturated heterocycles. The van der Waals surface area contributed by atoms with Crippen molar-refractivity contribution in [2.24, 2.45) is 0 Å². The quantitative estimate of drug-likeness (QED) is 0.785. The van der Waals surface area contributed by atoms with Crippen molar-refractivity contribution in [1.29, 1.82) is 0 Å². The van der Waals surface area contributed by atoms with Gasteiger partial charge in [0.15, 0.2) is 0 Å². The molecule has 0 bridgehead atoms. The number of benzene rings is 1. The Morgan fingerprint density at radius 3 is 2.17 bits per heavy atom. The molecule has 1 heterocycles. The van der Waals surface area contributed by atoms with Crippen molar-refractivity contribution >= 4 is 10.0 Å². The Labute approximate surface area is 146 Å². The van der Waals surface area contributed by atoms with E-state index in [1.54, 1.807) is 4.31 Å². The molecule has 0 aromatic heterocycles. The summed E-state index contributed by atoms with van der Waals surface area (Å²) in [6, 6.07) is 6.35. The zero-order valence-corrected chi connectivity index (χ0v) is 15.8. The van der Waals surface area contributed by atoms with Crippen LogP contribution < -0.4 is 0 Å². The molecule has 0 amide bonds. The van der Waals surface area contributed by atoms with Crippen LogP contribution in [0.3, 0.4) is 0 Å². The molecule has 5 heteroatoms. The van der Waals surface area contributed by atoms with Crippen LogP contribution >= 0.6 is 0 Å². The van der Waals surface area contributed by atoms with Gasteiger partial charge < -0.3 is 0 Å². The van der Waals surface area contributed by atoms with E-state index in [0.717, 1.165) is 24.2 Å². The molecule has 1 aromatic rings. The van der Waals surface area contributed by atoms with E-state index in [9.17, 15) is 8.42 Å². The lowest BCUT2D eigenvalue weighted by Gasteiger charge is -2.38. The second-order valence-corrected chi connectivity index (χ2v) is 9.26. The maximum Gasteiger partial charge on any atom is 0.243 e. The van der Waals surface area contributed by atoms with E-state index in [1.165, 1.54) is 38.5 Å². The van der Waals surface area contributed by atoms with Gasteiger partial charge in [0.25, 0.3) is 0 Å². The van der Waals surface area contributed by atoms with Crippen molar-refractivity contribution in [2.45, 2.75) is 63.3 Å². The molecular formula is C19H30N2O2S. The largest absolute Gasteiger partial charge is 0.298 e. The lowest BCUT2D eigenvalue weighted by Crippen LogP contribution is -2.51. The summed E-state index contributed by atoms with van der Waals surface area (Å²) in [5, 5.41) is 0. The van der Waals surface area contributed by atoms with Crippen molar-refractivity contribution < 1.29 is 8.42 Å². The lowest BCUT2D eigenvalue weighted by atomic mass is 10.1. The molecular weight excluding hydrogens is 320 g/mol. The summed E-state index contributed by atoms with van der Waals surface area (Å²) < 4.78 is 27.7. The molecule has 134 valence electrons. The highest BCUT2D eigenvalue weighted by Gasteiger charge is 2.31. The monoisotopic (exact) mass is 350 g/mol. The third-order valence-corrected chi connectivity index (χ3v) is 7.62. The van der Waals surface area contributed by atoms with E-state index >= 15 is 0 Å². The van der Waals surface area contributed by atoms with E-state index < -0.39 is 10.0 Å². The Hall–Kier alpha value is -0.910. The highest BCUT2D eigenvalue weighted by molar-refractivity contribution is 7.89. The number of hydrogen-bond acceptors (Lipinski definition) is 3. The molecule has 1 saturated carbocycles. The van der Waals surface area contributed by atoms with E-state index in [0.29, 0.717) is 24.0 Å². The van der Waals surface area contributed by atoms with Crippen LogP contribution in [-0.2, 0) is 10.0 Å². The Balaban J connectivity index is 1.68. The molecule has 2 fully saturated rings. The lowest BCUT2D eigenvalue weighted by molar-refractivity contribution is 0.126. The summed E-state index contributed by atoms with van der Waals surface area (Å²) in [5.74, 6) is 0. The molecule has 0 atom stereocenters. The topological polar surface area (TPSA) is 40.6 Å². The Morgan fingerprint density at radius 1 is 0.917 bits per heavy atom. The van der Waals surface area contributed by atoms with Gasteiger partial charge in [0.2, 0.25) is 10.0 Å². The smallest absolute Gasteiger partial charge is 0.243 e. The number of rotatable bonds is 3. The van der Waals surface area contributed by atoms with Crippen LogP contribution in [0.5, 0.6) is 0 Å². The summed E-state index contributed by atoms with van der Waals surface area (Å²) in [6.07, 6.45) is 7.93. The number of aryl methyl sites for hydroxylation is 2. The Kier molecular flexibility index (Phi) is 5.63. The SMILES string of the molecule is Cc1ccc(C)c(S(=O)(=O)N2CCN(C3CCCCCC3)CC2)c1. The van der Waals surface area contributed by atoms with Gasteiger partial charge in [-0.05, 0) is 43.9 Å². The van der Waals surface area contributed by atoms with Gasteiger partial charge in [-0.3, -0.25) is 4.90 Å². The summed E-state index contributed by atoms with van der Waals surface area (Å²) in [5.41, 5.74) is 1.84. The van der Waals surface area contributed by atoms with E-state index in [1.807, 2.05) is 32.0 Å². The van der Waals surface area contributed by atoms with E-state index in [4.69, 9.17) is 0 Å². The highest BCUT2D eigenvalue weighted by atomic mass is 32.2. The summed E-state index contributed by atoms with van der Waals surface area (Å²) in [6.45, 7) is 6.80. The molecule has 0 unspecified atom stereocenters. The van der Waals surface area contributed by atoms with Crippen molar-refractivity contribution in [1.82, 2.24) is 9.21 Å². The fourth-order valence-corrected chi connectivity index (χ4v) is 5.79. The molecule has 24 heavy (non-hydrogen) atoms. The first-order valence-corrected chi connectivity index (χ1v) is 10.7. The molecule has 1 aromatic carbocycles. The van der Waals surface area contributed by atoms with Crippen LogP contribution in [0, 0.1) is 13.8 Å². The van der Waals surface area contributed by atoms with Crippen LogP contribution in [0.25, 0.3) is 0 Å². The molecule has 0 radical (unpaired) electrons. The zero-order chi connectivity index (χ0) is 17.2. The number of sulfonamides is 1. The minimum atomic E-state index is -3.37. The van der Waals surface area contributed by atoms with Crippen LogP contribution in [-0.4, -0.2) is 49.8 Å². The van der Waals surface area contributed by atoms with Crippen LogP contribution in [0.4, 0.5) is 0 Å². The molecule has 2 aliphatic rings. The van der Waals surface area contributed by atoms with Gasteiger partial charge in [0.05, 0.1) is 4.90 Å². The van der Waals surface area contributed by atoms with Gasteiger partial charge in [-0.2, -0.15) is 4.31 Å². The zero-order valence-electron chi connectivity index (χ0n) is 15.0. The van der Waals surface area contributed by atoms with Crippen molar-refractivity contribution in [3.05, 3.63) is 29.3 Å². The standard InChI is InChI=1S/C19H30N2O2S/c1-16-9-10-17(2)19(15-16)24(22,23)21-13-11-20(12-14-21)18-7-5-3-4-6-8-18/h9-10,15,18H,3-8,11-14H2,1-2H3. The maximum absolute atomic E-state index is 13.0. The molecule has 0 spiro atoms. The fourth-order valence-electron chi connectivity index (χ4n) is 4.06. The fraction of sp³-hybridized carbons (Fsp3) is 0.684. The molecule has 4 nitrogen and oxygen atoms in total. The minimum Gasteiger partial charge on any atom is -0.298 e. The van der Waals surface area contributed by atoms with Gasteiger partial charge in [-0.1, -0.05) is 37.8 Å². The van der Waals surface area contributed by atoms with Gasteiger partial charge >= 0.3 is 0 Å². The normalized spacial score (nSPS) is 22.4. The van der Waals surface area contributed by atoms with Crippen molar-refractivity contribution in [2.75, 3.05) is 26.2 Å². The summed E-state index contributed by atoms with van der Waals surface area (Å²) >= 11 is 0. The van der Waals surface area contributed by atoms with Gasteiger partial charge in [0.1, 0.15) is 0 Å². The van der Waals surface area contributed by atoms with Gasteiger partial charge in [0, 0.05) is 32.2 Å². The van der Waals surface area contributed by atoms with E-state index in [2.05, 4.69) is 4.90 Å². The van der Waals surface area contributed by atoms with Gasteiger partial charge in [-0.25, -0.2) is 8.42 Å². The van der Waals surface area contributed by atoms with Crippen LogP contribution in [0.1, 0.15) is 49.7 Å². The van der Waals surface area contributed by atoms with Crippen molar-refractivity contribution in [3.63, 3.8) is 0 Å². The second kappa shape index (κ2) is 7.54. The van der Waals surface area contributed by atoms with E-state index in [-0.39, 0.29) is 0 Å². The molecule has 1 aliphatic carbocycles. The number of piperazine rings is 1. The average molecular weight is 351 g/mol. The maximum atomic E-state index is 13.0. The summed E-state index contributed by atoms with van der Waals surface area (Å²) in [7, 11) is -3.37. The molecule has 1 aliphatic heterocycles. The van der Waals surface area contributed by atoms with Crippen LogP contribution in [0.2, 0.25) is 0 Å². The van der Waals surface area contributed by atoms with Crippen LogP contribution in [0.15, 0.2) is 23.1 Å². The first-order chi connectivity index (χ1) is 11.5. The van der Waals surface area contributed by atoms with Crippen molar-refractivity contribution in [3.8, 4) is 0 Å². The number of hydrogen-bond donors (Lipinski definition) is 0. The Morgan fingerprint density at radius 2 is 1.54 bits per heavy atom. The highest BCUT2D eigenvalue weighted by Crippen LogP contribution is 2.26. The predicted molar refractivity (Wildman–Crippen MR) is 97.7 cm³/mol. The average Bonchev–Trinajstić information content (AvgIpc) is 2.86. The third kappa shape index (κ3) is 3.84. The van der Waals surface area contributed by atoms with Gasteiger partial charge in [-0.15, -0.1) is 0 Å². The second-order valence-electron chi connectivity index (χ2n) is 7.35. The predicted octanol–water partition coefficient (Wildman–Crippen LogP) is 3.33. The molecule has 3 rings (SSSR count). The number of nitrogens with zero attached hydrogens (tertiary/aromatic N) is 2. The minimum absolute atomic E-state index is 0.477. The first-order valence-electron chi connectivity index (χ1n) is 9.30. The summed E-state index contributed by atoms with van der Waals surface area (Å²) in [4.78, 5) is 3.01. The Bertz CT molecular complexity index is 656. The molecule has 0 N–H and O–H groups in total. The third-order valence-electron chi connectivity index (χ3n) is 5.58.